The van der Waals surface area contributed by atoms with Gasteiger partial charge < -0.3 is 18.9 Å². The van der Waals surface area contributed by atoms with E-state index < -0.39 is 40.1 Å². The highest BCUT2D eigenvalue weighted by molar-refractivity contribution is 7.82. The van der Waals surface area contributed by atoms with E-state index in [0.717, 1.165) is 55.6 Å². The number of fused-ring (bicyclic) bond motifs is 3. The molecule has 6 nitrogen and oxygen atoms in total. The highest BCUT2D eigenvalue weighted by Crippen LogP contribution is 2.57. The number of rotatable bonds is 14. The van der Waals surface area contributed by atoms with Crippen LogP contribution in [0.2, 0.25) is 0 Å². The van der Waals surface area contributed by atoms with Crippen LogP contribution in [0, 0.1) is 0 Å². The van der Waals surface area contributed by atoms with Gasteiger partial charge in [-0.1, -0.05) is 133 Å². The van der Waals surface area contributed by atoms with Crippen LogP contribution in [-0.4, -0.2) is 47.9 Å². The minimum absolute atomic E-state index is 0.147. The predicted octanol–water partition coefficient (Wildman–Crippen LogP) is 10.6. The van der Waals surface area contributed by atoms with Gasteiger partial charge in [0.25, 0.3) is 0 Å². The summed E-state index contributed by atoms with van der Waals surface area (Å²) in [7, 11) is 0. The molecule has 0 spiro atoms. The predicted molar refractivity (Wildman–Crippen MR) is 234 cm³/mol. The van der Waals surface area contributed by atoms with Gasteiger partial charge in [0.05, 0.1) is 15.9 Å². The number of benzene rings is 6. The van der Waals surface area contributed by atoms with Gasteiger partial charge >= 0.3 is 11.9 Å². The Morgan fingerprint density at radius 3 is 1.25 bits per heavy atom. The summed E-state index contributed by atoms with van der Waals surface area (Å²) in [5.41, 5.74) is 9.54. The Kier molecular flexibility index (Phi) is 12.1. The Bertz CT molecular complexity index is 2190. The van der Waals surface area contributed by atoms with Gasteiger partial charge in [0.15, 0.2) is 0 Å². The maximum Gasteiger partial charge on any atom is 0.318 e. The number of hydrogen-bond donors (Lipinski definition) is 2. The van der Waals surface area contributed by atoms with Crippen molar-refractivity contribution in [1.82, 2.24) is 0 Å². The van der Waals surface area contributed by atoms with Crippen molar-refractivity contribution in [2.45, 2.75) is 55.8 Å². The first-order chi connectivity index (χ1) is 27.6. The zero-order valence-electron chi connectivity index (χ0n) is 32.4. The molecule has 7 rings (SSSR count). The van der Waals surface area contributed by atoms with Gasteiger partial charge in [-0.15, -0.1) is 0 Å². The first kappa shape index (κ1) is 39.8. The fourth-order valence-electron chi connectivity index (χ4n) is 7.56. The molecule has 6 aromatic carbocycles. The number of esters is 2. The number of thiol groups is 2. The fourth-order valence-corrected chi connectivity index (χ4v) is 7.68. The third kappa shape index (κ3) is 8.20. The lowest BCUT2D eigenvalue weighted by atomic mass is 9.67. The van der Waals surface area contributed by atoms with E-state index >= 15 is 0 Å². The van der Waals surface area contributed by atoms with E-state index in [1.165, 1.54) is 0 Å². The third-order valence-electron chi connectivity index (χ3n) is 10.2. The van der Waals surface area contributed by atoms with E-state index in [0.29, 0.717) is 11.5 Å². The Morgan fingerprint density at radius 1 is 0.491 bits per heavy atom. The number of carbonyl (C=O) groups excluding carboxylic acids is 2. The molecular formula is C49H46O6S2. The molecule has 6 aromatic rings. The summed E-state index contributed by atoms with van der Waals surface area (Å²) in [6, 6.07) is 50.2. The molecule has 0 bridgehead atoms. The molecule has 8 heteroatoms. The van der Waals surface area contributed by atoms with Crippen LogP contribution in [-0.2, 0) is 24.5 Å². The third-order valence-corrected chi connectivity index (χ3v) is 10.6. The first-order valence-corrected chi connectivity index (χ1v) is 20.2. The van der Waals surface area contributed by atoms with Crippen molar-refractivity contribution in [2.75, 3.05) is 13.2 Å². The van der Waals surface area contributed by atoms with Crippen LogP contribution in [0.25, 0.3) is 33.4 Å². The summed E-state index contributed by atoms with van der Waals surface area (Å²) < 4.78 is 24.5. The van der Waals surface area contributed by atoms with E-state index in [4.69, 9.17) is 18.9 Å². The van der Waals surface area contributed by atoms with Crippen LogP contribution in [0.15, 0.2) is 146 Å². The molecule has 57 heavy (non-hydrogen) atoms. The van der Waals surface area contributed by atoms with Crippen molar-refractivity contribution in [3.8, 4) is 44.9 Å². The molecule has 0 N–H and O–H groups in total. The standard InChI is InChI=1S/C49H46O6S2/c1-31(54-47(50)33(3)56)29-52-45-27-37(23-25-39(45)35-15-7-5-8-16-35)49(43-21-13-11-19-41(43)42-20-12-14-22-44(42)49)38-24-26-40(36-17-9-6-10-18-36)46(28-38)53-30-32(2)55-48(51)34(4)57/h5-28,31-34,56-57H,29-30H2,1-4H3. The molecule has 0 amide bonds. The smallest absolute Gasteiger partial charge is 0.318 e. The normalized spacial score (nSPS) is 14.6. The van der Waals surface area contributed by atoms with E-state index in [2.05, 4.69) is 134 Å². The highest BCUT2D eigenvalue weighted by atomic mass is 32.1. The fraction of sp³-hybridized carbons (Fsp3) is 0.224. The number of ether oxygens (including phenoxy) is 4. The minimum atomic E-state index is -0.799. The lowest BCUT2D eigenvalue weighted by Gasteiger charge is -2.35. The van der Waals surface area contributed by atoms with Crippen LogP contribution in [0.1, 0.15) is 49.9 Å². The lowest BCUT2D eigenvalue weighted by molar-refractivity contribution is -0.149. The molecule has 0 aliphatic heterocycles. The summed E-state index contributed by atoms with van der Waals surface area (Å²) >= 11 is 8.51. The molecule has 0 saturated heterocycles. The van der Waals surface area contributed by atoms with E-state index in [9.17, 15) is 9.59 Å². The van der Waals surface area contributed by atoms with Crippen molar-refractivity contribution in [3.63, 3.8) is 0 Å². The van der Waals surface area contributed by atoms with Crippen molar-refractivity contribution in [2.24, 2.45) is 0 Å². The van der Waals surface area contributed by atoms with Crippen molar-refractivity contribution >= 4 is 37.2 Å². The quantitative estimate of drug-likeness (QED) is 0.0844. The van der Waals surface area contributed by atoms with Crippen LogP contribution in [0.3, 0.4) is 0 Å². The Hall–Kier alpha value is -5.44. The first-order valence-electron chi connectivity index (χ1n) is 19.2. The maximum absolute atomic E-state index is 12.4. The average molecular weight is 795 g/mol. The molecule has 290 valence electrons. The summed E-state index contributed by atoms with van der Waals surface area (Å²) in [6.45, 7) is 7.32. The molecule has 0 radical (unpaired) electrons. The van der Waals surface area contributed by atoms with Gasteiger partial charge in [0.1, 0.15) is 36.9 Å². The topological polar surface area (TPSA) is 71.1 Å². The van der Waals surface area contributed by atoms with Gasteiger partial charge in [-0.05, 0) is 84.3 Å². The van der Waals surface area contributed by atoms with Crippen LogP contribution >= 0.6 is 25.3 Å². The summed E-state index contributed by atoms with van der Waals surface area (Å²) in [5.74, 6) is 0.525. The summed E-state index contributed by atoms with van der Waals surface area (Å²) in [6.07, 6.45) is -1.02. The largest absolute Gasteiger partial charge is 0.489 e. The zero-order valence-corrected chi connectivity index (χ0v) is 34.2. The second kappa shape index (κ2) is 17.4. The molecule has 0 heterocycles. The molecule has 0 saturated carbocycles. The molecule has 4 atom stereocenters. The average Bonchev–Trinajstić information content (AvgIpc) is 3.53. The van der Waals surface area contributed by atoms with E-state index in [1.54, 1.807) is 13.8 Å². The monoisotopic (exact) mass is 794 g/mol. The molecule has 0 aromatic heterocycles. The van der Waals surface area contributed by atoms with Crippen LogP contribution in [0.5, 0.6) is 11.5 Å². The molecule has 4 unspecified atom stereocenters. The summed E-state index contributed by atoms with van der Waals surface area (Å²) in [5, 5.41) is -1.09. The highest BCUT2D eigenvalue weighted by Gasteiger charge is 2.46. The lowest BCUT2D eigenvalue weighted by Crippen LogP contribution is -2.29. The van der Waals surface area contributed by atoms with Gasteiger partial charge in [0, 0.05) is 11.1 Å². The van der Waals surface area contributed by atoms with Crippen molar-refractivity contribution < 1.29 is 28.5 Å². The van der Waals surface area contributed by atoms with Crippen molar-refractivity contribution in [1.29, 1.82) is 0 Å². The van der Waals surface area contributed by atoms with Crippen molar-refractivity contribution in [3.05, 3.63) is 168 Å². The van der Waals surface area contributed by atoms with Gasteiger partial charge in [-0.2, -0.15) is 25.3 Å². The van der Waals surface area contributed by atoms with Crippen LogP contribution < -0.4 is 9.47 Å². The minimum Gasteiger partial charge on any atom is -0.489 e. The van der Waals surface area contributed by atoms with Gasteiger partial charge in [-0.3, -0.25) is 9.59 Å². The molecule has 1 aliphatic rings. The number of carbonyl (C=O) groups is 2. The van der Waals surface area contributed by atoms with Gasteiger partial charge in [0.2, 0.25) is 0 Å². The SMILES string of the molecule is CC(COc1cc(C2(c3ccc(-c4ccccc4)c(OCC(C)OC(=O)C(C)S)c3)c3ccccc3-c3ccccc32)ccc1-c1ccccc1)OC(=O)C(C)S. The second-order valence-corrected chi connectivity index (χ2v) is 16.0. The number of hydrogen-bond acceptors (Lipinski definition) is 8. The van der Waals surface area contributed by atoms with E-state index in [1.807, 2.05) is 50.2 Å². The van der Waals surface area contributed by atoms with E-state index in [-0.39, 0.29) is 13.2 Å². The molecule has 0 fully saturated rings. The molecule has 1 aliphatic carbocycles. The Labute approximate surface area is 346 Å². The molecular weight excluding hydrogens is 749 g/mol. The summed E-state index contributed by atoms with van der Waals surface area (Å²) in [4.78, 5) is 24.8. The zero-order chi connectivity index (χ0) is 40.1. The second-order valence-electron chi connectivity index (χ2n) is 14.5. The Morgan fingerprint density at radius 2 is 0.860 bits per heavy atom. The van der Waals surface area contributed by atoms with Gasteiger partial charge in [-0.25, -0.2) is 0 Å². The Balaban J connectivity index is 1.42. The van der Waals surface area contributed by atoms with Crippen LogP contribution in [0.4, 0.5) is 0 Å². The maximum atomic E-state index is 12.4.